The van der Waals surface area contributed by atoms with Crippen LogP contribution in [0.5, 0.6) is 0 Å². The van der Waals surface area contributed by atoms with Crippen LogP contribution >= 0.6 is 0 Å². The number of hydrogen-bond acceptors (Lipinski definition) is 3. The van der Waals surface area contributed by atoms with Gasteiger partial charge in [0.2, 0.25) is 10.0 Å². The van der Waals surface area contributed by atoms with E-state index in [2.05, 4.69) is 16.0 Å². The van der Waals surface area contributed by atoms with Crippen LogP contribution in [0.4, 0.5) is 13.2 Å². The molecular weight excluding hydrogens is 393 g/mol. The Morgan fingerprint density at radius 3 is 2.50 bits per heavy atom. The summed E-state index contributed by atoms with van der Waals surface area (Å²) in [4.78, 5) is 12.3. The molecule has 2 rings (SSSR count). The standard InChI is InChI=1S/C19H17F3N2O3S/c1-3-10-23-28(26,27)17-9-5-7-15(12-17)18(25)24-13(2)14-6-4-8-16(11-14)19(20,21)22/h1,4-9,11-13,23H,10H2,2H3,(H,24,25). The van der Waals surface area contributed by atoms with Crippen molar-refractivity contribution in [3.63, 3.8) is 0 Å². The van der Waals surface area contributed by atoms with Gasteiger partial charge in [0.25, 0.3) is 5.91 Å². The third-order valence-corrected chi connectivity index (χ3v) is 5.23. The van der Waals surface area contributed by atoms with E-state index in [0.29, 0.717) is 0 Å². The monoisotopic (exact) mass is 410 g/mol. The maximum Gasteiger partial charge on any atom is 0.416 e. The molecule has 0 heterocycles. The molecule has 2 aromatic rings. The van der Waals surface area contributed by atoms with Crippen LogP contribution in [0.25, 0.3) is 0 Å². The van der Waals surface area contributed by atoms with E-state index in [1.54, 1.807) is 0 Å². The zero-order chi connectivity index (χ0) is 20.9. The molecule has 148 valence electrons. The predicted molar refractivity (Wildman–Crippen MR) is 97.8 cm³/mol. The van der Waals surface area contributed by atoms with Crippen LogP contribution in [0.2, 0.25) is 0 Å². The molecule has 0 aliphatic rings. The minimum atomic E-state index is -4.49. The molecule has 0 aliphatic heterocycles. The van der Waals surface area contributed by atoms with Gasteiger partial charge in [-0.05, 0) is 42.8 Å². The quantitative estimate of drug-likeness (QED) is 0.719. The highest BCUT2D eigenvalue weighted by molar-refractivity contribution is 7.89. The first-order valence-corrected chi connectivity index (χ1v) is 9.54. The van der Waals surface area contributed by atoms with Gasteiger partial charge in [0, 0.05) is 5.56 Å². The highest BCUT2D eigenvalue weighted by atomic mass is 32.2. The molecule has 1 amide bonds. The van der Waals surface area contributed by atoms with Crippen LogP contribution in [-0.2, 0) is 16.2 Å². The number of amides is 1. The summed E-state index contributed by atoms with van der Waals surface area (Å²) in [5.41, 5.74) is -0.510. The molecule has 0 saturated heterocycles. The lowest BCUT2D eigenvalue weighted by molar-refractivity contribution is -0.137. The van der Waals surface area contributed by atoms with Gasteiger partial charge in [0.1, 0.15) is 0 Å². The van der Waals surface area contributed by atoms with Gasteiger partial charge in [-0.25, -0.2) is 8.42 Å². The lowest BCUT2D eigenvalue weighted by Crippen LogP contribution is -2.28. The van der Waals surface area contributed by atoms with Gasteiger partial charge >= 0.3 is 6.18 Å². The van der Waals surface area contributed by atoms with Gasteiger partial charge < -0.3 is 5.32 Å². The number of sulfonamides is 1. The van der Waals surface area contributed by atoms with Crippen molar-refractivity contribution in [3.8, 4) is 12.3 Å². The van der Waals surface area contributed by atoms with E-state index >= 15 is 0 Å². The minimum absolute atomic E-state index is 0.0439. The number of alkyl halides is 3. The van der Waals surface area contributed by atoms with E-state index < -0.39 is 33.7 Å². The van der Waals surface area contributed by atoms with Crippen LogP contribution in [0.1, 0.15) is 34.5 Å². The molecule has 0 aromatic heterocycles. The first-order valence-electron chi connectivity index (χ1n) is 8.06. The van der Waals surface area contributed by atoms with Crippen molar-refractivity contribution < 1.29 is 26.4 Å². The number of rotatable bonds is 6. The summed E-state index contributed by atoms with van der Waals surface area (Å²) in [6, 6.07) is 9.12. The fourth-order valence-corrected chi connectivity index (χ4v) is 3.35. The Balaban J connectivity index is 2.20. The zero-order valence-electron chi connectivity index (χ0n) is 14.7. The SMILES string of the molecule is C#CCNS(=O)(=O)c1cccc(C(=O)NC(C)c2cccc(C(F)(F)F)c2)c1. The maximum atomic E-state index is 12.8. The van der Waals surface area contributed by atoms with E-state index in [1.807, 2.05) is 0 Å². The highest BCUT2D eigenvalue weighted by Crippen LogP contribution is 2.30. The third kappa shape index (κ3) is 5.34. The molecule has 0 saturated carbocycles. The molecule has 0 radical (unpaired) electrons. The molecule has 2 N–H and O–H groups in total. The van der Waals surface area contributed by atoms with Gasteiger partial charge in [-0.2, -0.15) is 17.9 Å². The average Bonchev–Trinajstić information content (AvgIpc) is 2.66. The Kier molecular flexibility index (Phi) is 6.48. The Morgan fingerprint density at radius 2 is 1.86 bits per heavy atom. The lowest BCUT2D eigenvalue weighted by Gasteiger charge is -2.16. The van der Waals surface area contributed by atoms with E-state index in [-0.39, 0.29) is 22.6 Å². The summed E-state index contributed by atoms with van der Waals surface area (Å²) < 4.78 is 64.9. The zero-order valence-corrected chi connectivity index (χ0v) is 15.6. The molecule has 0 aliphatic carbocycles. The van der Waals surface area contributed by atoms with Gasteiger partial charge in [-0.1, -0.05) is 24.1 Å². The van der Waals surface area contributed by atoms with E-state index in [0.717, 1.165) is 18.2 Å². The Morgan fingerprint density at radius 1 is 1.18 bits per heavy atom. The second kappa shape index (κ2) is 8.46. The fraction of sp³-hybridized carbons (Fsp3) is 0.211. The van der Waals surface area contributed by atoms with Gasteiger partial charge in [0.05, 0.1) is 23.0 Å². The van der Waals surface area contributed by atoms with Crippen LogP contribution in [0, 0.1) is 12.3 Å². The second-order valence-electron chi connectivity index (χ2n) is 5.87. The molecule has 2 aromatic carbocycles. The first-order chi connectivity index (χ1) is 13.0. The summed E-state index contributed by atoms with van der Waals surface area (Å²) >= 11 is 0. The topological polar surface area (TPSA) is 75.3 Å². The van der Waals surface area contributed by atoms with Crippen molar-refractivity contribution in [2.24, 2.45) is 0 Å². The summed E-state index contributed by atoms with van der Waals surface area (Å²) in [7, 11) is -3.88. The lowest BCUT2D eigenvalue weighted by atomic mass is 10.0. The van der Waals surface area contributed by atoms with Crippen LogP contribution in [0.3, 0.4) is 0 Å². The molecular formula is C19H17F3N2O3S. The number of halogens is 3. The Hall–Kier alpha value is -2.83. The van der Waals surface area contributed by atoms with Crippen molar-refractivity contribution in [3.05, 3.63) is 65.2 Å². The van der Waals surface area contributed by atoms with Gasteiger partial charge in [-0.3, -0.25) is 4.79 Å². The molecule has 0 spiro atoms. The van der Waals surface area contributed by atoms with Crippen molar-refractivity contribution >= 4 is 15.9 Å². The summed E-state index contributed by atoms with van der Waals surface area (Å²) in [6.45, 7) is 1.33. The van der Waals surface area contributed by atoms with Crippen LogP contribution in [-0.4, -0.2) is 20.9 Å². The molecule has 9 heteroatoms. The number of carbonyl (C=O) groups is 1. The molecule has 5 nitrogen and oxygen atoms in total. The largest absolute Gasteiger partial charge is 0.416 e. The number of nitrogens with one attached hydrogen (secondary N) is 2. The molecule has 1 atom stereocenters. The average molecular weight is 410 g/mol. The van der Waals surface area contributed by atoms with E-state index in [9.17, 15) is 26.4 Å². The predicted octanol–water partition coefficient (Wildman–Crippen LogP) is 3.11. The second-order valence-corrected chi connectivity index (χ2v) is 7.64. The maximum absolute atomic E-state index is 12.8. The van der Waals surface area contributed by atoms with Crippen molar-refractivity contribution in [2.75, 3.05) is 6.54 Å². The Bertz CT molecular complexity index is 1010. The molecule has 1 unspecified atom stereocenters. The molecule has 0 fully saturated rings. The smallest absolute Gasteiger partial charge is 0.346 e. The van der Waals surface area contributed by atoms with Crippen LogP contribution in [0.15, 0.2) is 53.4 Å². The summed E-state index contributed by atoms with van der Waals surface area (Å²) in [5.74, 6) is 1.51. The first kappa shape index (κ1) is 21.5. The number of benzene rings is 2. The summed E-state index contributed by atoms with van der Waals surface area (Å²) in [6.07, 6.45) is 0.536. The van der Waals surface area contributed by atoms with Gasteiger partial charge in [-0.15, -0.1) is 6.42 Å². The number of terminal acetylenes is 1. The number of hydrogen-bond donors (Lipinski definition) is 2. The van der Waals surface area contributed by atoms with Crippen molar-refractivity contribution in [1.29, 1.82) is 0 Å². The van der Waals surface area contributed by atoms with E-state index in [1.165, 1.54) is 37.3 Å². The normalized spacial score (nSPS) is 12.8. The number of carbonyl (C=O) groups excluding carboxylic acids is 1. The Labute approximate surface area is 161 Å². The van der Waals surface area contributed by atoms with E-state index in [4.69, 9.17) is 6.42 Å². The third-order valence-electron chi connectivity index (χ3n) is 3.83. The molecule has 28 heavy (non-hydrogen) atoms. The highest BCUT2D eigenvalue weighted by Gasteiger charge is 2.30. The van der Waals surface area contributed by atoms with Crippen molar-refractivity contribution in [2.45, 2.75) is 24.0 Å². The minimum Gasteiger partial charge on any atom is -0.346 e. The van der Waals surface area contributed by atoms with Crippen molar-refractivity contribution in [1.82, 2.24) is 10.0 Å². The van der Waals surface area contributed by atoms with Crippen LogP contribution < -0.4 is 10.0 Å². The summed E-state index contributed by atoms with van der Waals surface area (Å²) in [5, 5.41) is 2.56. The molecule has 0 bridgehead atoms. The fourth-order valence-electron chi connectivity index (χ4n) is 2.37. The van der Waals surface area contributed by atoms with Gasteiger partial charge in [0.15, 0.2) is 0 Å².